The zero-order valence-electron chi connectivity index (χ0n) is 10.6. The monoisotopic (exact) mass is 389 g/mol. The Bertz CT molecular complexity index is 591. The third-order valence-corrected chi connectivity index (χ3v) is 5.46. The summed E-state index contributed by atoms with van der Waals surface area (Å²) >= 11 is 7.86. The van der Waals surface area contributed by atoms with Gasteiger partial charge in [-0.2, -0.15) is 4.37 Å². The Labute approximate surface area is 138 Å². The van der Waals surface area contributed by atoms with E-state index in [0.29, 0.717) is 12.2 Å². The highest BCUT2D eigenvalue weighted by Crippen LogP contribution is 2.25. The molecule has 0 unspecified atom stereocenters. The third kappa shape index (κ3) is 4.76. The van der Waals surface area contributed by atoms with Gasteiger partial charge in [0.1, 0.15) is 0 Å². The van der Waals surface area contributed by atoms with Crippen molar-refractivity contribution in [3.05, 3.63) is 28.7 Å². The average molecular weight is 390 g/mol. The summed E-state index contributed by atoms with van der Waals surface area (Å²) in [4.78, 5) is 16.2. The van der Waals surface area contributed by atoms with Gasteiger partial charge < -0.3 is 5.32 Å². The first kappa shape index (κ1) is 15.8. The lowest BCUT2D eigenvalue weighted by molar-refractivity contribution is -0.115. The van der Waals surface area contributed by atoms with Crippen LogP contribution in [0.25, 0.3) is 0 Å². The molecular formula is C12H12BrN3OS3. The fourth-order valence-electron chi connectivity index (χ4n) is 1.34. The van der Waals surface area contributed by atoms with Gasteiger partial charge in [0.25, 0.3) is 0 Å². The van der Waals surface area contributed by atoms with Crippen LogP contribution in [0.4, 0.5) is 5.69 Å². The number of benzene rings is 1. The smallest absolute Gasteiger partial charge is 0.225 e. The van der Waals surface area contributed by atoms with Gasteiger partial charge in [0.2, 0.25) is 11.1 Å². The van der Waals surface area contributed by atoms with Crippen LogP contribution in [0.2, 0.25) is 0 Å². The minimum Gasteiger partial charge on any atom is -0.325 e. The Hall–Kier alpha value is -0.570. The number of rotatable bonds is 6. The number of carbonyl (C=O) groups excluding carboxylic acids is 1. The van der Waals surface area contributed by atoms with Crippen LogP contribution in [0, 0.1) is 0 Å². The molecule has 2 aromatic rings. The third-order valence-electron chi connectivity index (χ3n) is 2.27. The lowest BCUT2D eigenvalue weighted by atomic mass is 10.3. The fourth-order valence-corrected chi connectivity index (χ4v) is 3.95. The van der Waals surface area contributed by atoms with E-state index in [9.17, 15) is 4.79 Å². The molecule has 1 aromatic heterocycles. The molecule has 1 amide bonds. The summed E-state index contributed by atoms with van der Waals surface area (Å²) in [5.41, 5.74) is 0.795. The number of aromatic nitrogens is 2. The normalized spacial score (nSPS) is 10.5. The second kappa shape index (κ2) is 8.02. The molecule has 0 radical (unpaired) electrons. The molecule has 106 valence electrons. The predicted octanol–water partition coefficient (Wildman–Crippen LogP) is 4.14. The number of amides is 1. The van der Waals surface area contributed by atoms with Gasteiger partial charge in [-0.1, -0.05) is 35.7 Å². The maximum Gasteiger partial charge on any atom is 0.225 e. The molecule has 2 rings (SSSR count). The second-order valence-corrected chi connectivity index (χ2v) is 7.40. The molecule has 0 atom stereocenters. The second-order valence-electron chi connectivity index (χ2n) is 3.67. The quantitative estimate of drug-likeness (QED) is 0.752. The number of para-hydroxylation sites is 1. The Morgan fingerprint density at radius 2 is 2.25 bits per heavy atom. The van der Waals surface area contributed by atoms with Gasteiger partial charge in [0.15, 0.2) is 4.34 Å². The Morgan fingerprint density at radius 1 is 1.45 bits per heavy atom. The summed E-state index contributed by atoms with van der Waals surface area (Å²) < 4.78 is 5.97. The molecule has 0 saturated heterocycles. The topological polar surface area (TPSA) is 54.9 Å². The van der Waals surface area contributed by atoms with Gasteiger partial charge in [-0.15, -0.1) is 0 Å². The SMILES string of the molecule is CSc1nsc(SCCC(=O)Nc2ccccc2Br)n1. The molecule has 1 aromatic carbocycles. The number of nitrogens with one attached hydrogen (secondary N) is 1. The Balaban J connectivity index is 1.77. The Morgan fingerprint density at radius 3 is 2.95 bits per heavy atom. The van der Waals surface area contributed by atoms with Crippen LogP contribution in [0.3, 0.4) is 0 Å². The van der Waals surface area contributed by atoms with Crippen LogP contribution in [0.5, 0.6) is 0 Å². The molecule has 8 heteroatoms. The van der Waals surface area contributed by atoms with E-state index in [-0.39, 0.29) is 5.91 Å². The van der Waals surface area contributed by atoms with E-state index in [4.69, 9.17) is 0 Å². The zero-order chi connectivity index (χ0) is 14.4. The standard InChI is InChI=1S/C12H12BrN3OS3/c1-18-11-15-12(20-16-11)19-7-6-10(17)14-9-5-3-2-4-8(9)13/h2-5H,6-7H2,1H3,(H,14,17). The van der Waals surface area contributed by atoms with Crippen LogP contribution in [0.15, 0.2) is 38.2 Å². The highest BCUT2D eigenvalue weighted by molar-refractivity contribution is 9.10. The highest BCUT2D eigenvalue weighted by Gasteiger charge is 2.07. The van der Waals surface area contributed by atoms with E-state index >= 15 is 0 Å². The lowest BCUT2D eigenvalue weighted by Gasteiger charge is -2.06. The van der Waals surface area contributed by atoms with Crippen LogP contribution >= 0.6 is 51.0 Å². The van der Waals surface area contributed by atoms with Crippen LogP contribution in [-0.2, 0) is 4.79 Å². The first-order valence-electron chi connectivity index (χ1n) is 5.74. The van der Waals surface area contributed by atoms with Crippen molar-refractivity contribution in [1.82, 2.24) is 9.36 Å². The molecule has 0 aliphatic carbocycles. The first-order valence-corrected chi connectivity index (χ1v) is 9.51. The predicted molar refractivity (Wildman–Crippen MR) is 89.8 cm³/mol. The van der Waals surface area contributed by atoms with Crippen LogP contribution in [-0.4, -0.2) is 27.3 Å². The maximum absolute atomic E-state index is 11.8. The number of anilines is 1. The van der Waals surface area contributed by atoms with E-state index < -0.39 is 0 Å². The van der Waals surface area contributed by atoms with E-state index in [0.717, 1.165) is 19.7 Å². The van der Waals surface area contributed by atoms with Crippen molar-refractivity contribution in [3.63, 3.8) is 0 Å². The van der Waals surface area contributed by atoms with Crippen molar-refractivity contribution >= 4 is 62.6 Å². The number of hydrogen-bond acceptors (Lipinski definition) is 6. The van der Waals surface area contributed by atoms with E-state index in [2.05, 4.69) is 30.6 Å². The van der Waals surface area contributed by atoms with E-state index in [1.165, 1.54) is 23.3 Å². The minimum absolute atomic E-state index is 0.000921. The minimum atomic E-state index is -0.000921. The molecule has 0 aliphatic heterocycles. The molecule has 4 nitrogen and oxygen atoms in total. The van der Waals surface area contributed by atoms with Gasteiger partial charge in [0.05, 0.1) is 5.69 Å². The number of halogens is 1. The molecule has 20 heavy (non-hydrogen) atoms. The van der Waals surface area contributed by atoms with Crippen LogP contribution < -0.4 is 5.32 Å². The summed E-state index contributed by atoms with van der Waals surface area (Å²) in [7, 11) is 0. The molecule has 0 spiro atoms. The fraction of sp³-hybridized carbons (Fsp3) is 0.250. The van der Waals surface area contributed by atoms with Gasteiger partial charge in [0, 0.05) is 16.6 Å². The van der Waals surface area contributed by atoms with E-state index in [1.807, 2.05) is 30.5 Å². The van der Waals surface area contributed by atoms with Crippen molar-refractivity contribution in [2.24, 2.45) is 0 Å². The largest absolute Gasteiger partial charge is 0.325 e. The van der Waals surface area contributed by atoms with E-state index in [1.54, 1.807) is 11.8 Å². The average Bonchev–Trinajstić information content (AvgIpc) is 2.89. The van der Waals surface area contributed by atoms with Crippen molar-refractivity contribution in [3.8, 4) is 0 Å². The number of carbonyl (C=O) groups is 1. The molecule has 0 fully saturated rings. The highest BCUT2D eigenvalue weighted by atomic mass is 79.9. The molecule has 1 N–H and O–H groups in total. The van der Waals surface area contributed by atoms with Gasteiger partial charge in [-0.25, -0.2) is 4.98 Å². The summed E-state index contributed by atoms with van der Waals surface area (Å²) in [6.45, 7) is 0. The van der Waals surface area contributed by atoms with Gasteiger partial charge in [-0.05, 0) is 45.9 Å². The first-order chi connectivity index (χ1) is 9.69. The number of nitrogens with zero attached hydrogens (tertiary/aromatic N) is 2. The lowest BCUT2D eigenvalue weighted by Crippen LogP contribution is -2.12. The zero-order valence-corrected chi connectivity index (χ0v) is 14.7. The summed E-state index contributed by atoms with van der Waals surface area (Å²) in [6, 6.07) is 7.56. The van der Waals surface area contributed by atoms with Crippen molar-refractivity contribution in [2.45, 2.75) is 15.9 Å². The van der Waals surface area contributed by atoms with Crippen molar-refractivity contribution < 1.29 is 4.79 Å². The molecule has 0 bridgehead atoms. The maximum atomic E-state index is 11.8. The summed E-state index contributed by atoms with van der Waals surface area (Å²) in [6.07, 6.45) is 2.39. The molecular weight excluding hydrogens is 378 g/mol. The van der Waals surface area contributed by atoms with Gasteiger partial charge >= 0.3 is 0 Å². The molecule has 0 aliphatic rings. The number of hydrogen-bond donors (Lipinski definition) is 1. The van der Waals surface area contributed by atoms with Gasteiger partial charge in [-0.3, -0.25) is 4.79 Å². The summed E-state index contributed by atoms with van der Waals surface area (Å²) in [5, 5.41) is 3.66. The molecule has 1 heterocycles. The summed E-state index contributed by atoms with van der Waals surface area (Å²) in [5.74, 6) is 0.693. The number of thioether (sulfide) groups is 2. The van der Waals surface area contributed by atoms with Crippen LogP contribution in [0.1, 0.15) is 6.42 Å². The molecule has 0 saturated carbocycles. The Kier molecular flexibility index (Phi) is 6.34. The van der Waals surface area contributed by atoms with Crippen molar-refractivity contribution in [1.29, 1.82) is 0 Å². The van der Waals surface area contributed by atoms with Crippen molar-refractivity contribution in [2.75, 3.05) is 17.3 Å².